The maximum absolute atomic E-state index is 6.37. The van der Waals surface area contributed by atoms with Gasteiger partial charge in [0.15, 0.2) is 11.5 Å². The third-order valence-electron chi connectivity index (χ3n) is 3.22. The van der Waals surface area contributed by atoms with E-state index in [1.165, 1.54) is 0 Å². The van der Waals surface area contributed by atoms with Crippen molar-refractivity contribution >= 4 is 46.7 Å². The average Bonchev–Trinajstić information content (AvgIpc) is 2.57. The first-order valence-electron chi connectivity index (χ1n) is 8.24. The molecule has 0 saturated heterocycles. The van der Waals surface area contributed by atoms with Gasteiger partial charge in [-0.3, -0.25) is 5.43 Å². The number of hydrogen-bond acceptors (Lipinski definition) is 4. The van der Waals surface area contributed by atoms with Gasteiger partial charge in [-0.15, -0.1) is 0 Å². The van der Waals surface area contributed by atoms with E-state index in [-0.39, 0.29) is 0 Å². The Hall–Kier alpha value is -1.62. The van der Waals surface area contributed by atoms with E-state index in [4.69, 9.17) is 44.3 Å². The molecule has 7 heteroatoms. The second-order valence-electron chi connectivity index (χ2n) is 5.97. The first kappa shape index (κ1) is 20.7. The van der Waals surface area contributed by atoms with Crippen LogP contribution in [-0.2, 0) is 0 Å². The lowest BCUT2D eigenvalue weighted by Gasteiger charge is -2.15. The molecule has 140 valence electrons. The van der Waals surface area contributed by atoms with Crippen molar-refractivity contribution in [1.82, 2.24) is 0 Å². The molecule has 2 aromatic rings. The second-order valence-corrected chi connectivity index (χ2v) is 7.19. The van der Waals surface area contributed by atoms with Gasteiger partial charge >= 0.3 is 0 Å². The zero-order valence-corrected chi connectivity index (χ0v) is 17.1. The molecule has 0 fully saturated rings. The first-order chi connectivity index (χ1) is 12.4. The minimum absolute atomic E-state index is 0.386. The Labute approximate surface area is 169 Å². The molecule has 0 aromatic heterocycles. The summed E-state index contributed by atoms with van der Waals surface area (Å²) in [6.45, 7) is 7.13. The number of nitrogens with one attached hydrogen (secondary N) is 1. The van der Waals surface area contributed by atoms with Gasteiger partial charge < -0.3 is 9.47 Å². The molecule has 0 atom stereocenters. The molecule has 2 aromatic carbocycles. The molecule has 26 heavy (non-hydrogen) atoms. The van der Waals surface area contributed by atoms with E-state index in [9.17, 15) is 0 Å². The summed E-state index contributed by atoms with van der Waals surface area (Å²) in [6.07, 6.45) is 1.64. The Balaban J connectivity index is 2.16. The van der Waals surface area contributed by atoms with Crippen molar-refractivity contribution in [2.45, 2.75) is 20.8 Å². The normalized spacial score (nSPS) is 11.2. The van der Waals surface area contributed by atoms with Crippen LogP contribution in [0.3, 0.4) is 0 Å². The van der Waals surface area contributed by atoms with Crippen molar-refractivity contribution in [2.75, 3.05) is 18.6 Å². The van der Waals surface area contributed by atoms with Gasteiger partial charge in [0.25, 0.3) is 0 Å². The van der Waals surface area contributed by atoms with Crippen molar-refractivity contribution in [3.63, 3.8) is 0 Å². The smallest absolute Gasteiger partial charge is 0.179 e. The molecular weight excluding hydrogens is 395 g/mol. The quantitative estimate of drug-likeness (QED) is 0.394. The average molecular weight is 416 g/mol. The lowest BCUT2D eigenvalue weighted by atomic mass is 10.2. The first-order valence-corrected chi connectivity index (χ1v) is 9.37. The molecule has 4 nitrogen and oxygen atoms in total. The highest BCUT2D eigenvalue weighted by atomic mass is 35.5. The summed E-state index contributed by atoms with van der Waals surface area (Å²) in [5.41, 5.74) is 4.40. The summed E-state index contributed by atoms with van der Waals surface area (Å²) in [6, 6.07) is 8.80. The van der Waals surface area contributed by atoms with Gasteiger partial charge in [0, 0.05) is 0 Å². The van der Waals surface area contributed by atoms with Crippen LogP contribution in [-0.4, -0.2) is 19.4 Å². The number of rotatable bonds is 8. The summed E-state index contributed by atoms with van der Waals surface area (Å²) in [5.74, 6) is 1.53. The van der Waals surface area contributed by atoms with E-state index < -0.39 is 0 Å². The minimum Gasteiger partial charge on any atom is -0.490 e. The Morgan fingerprint density at radius 1 is 1.04 bits per heavy atom. The monoisotopic (exact) mass is 414 g/mol. The maximum Gasteiger partial charge on any atom is 0.179 e. The lowest BCUT2D eigenvalue weighted by Crippen LogP contribution is -2.07. The largest absolute Gasteiger partial charge is 0.490 e. The van der Waals surface area contributed by atoms with Crippen LogP contribution < -0.4 is 14.9 Å². The number of nitrogens with zero attached hydrogens (tertiary/aromatic N) is 1. The van der Waals surface area contributed by atoms with Gasteiger partial charge in [-0.1, -0.05) is 48.7 Å². The Bertz CT molecular complexity index is 780. The van der Waals surface area contributed by atoms with Crippen molar-refractivity contribution in [2.24, 2.45) is 11.0 Å². The minimum atomic E-state index is 0.386. The van der Waals surface area contributed by atoms with Gasteiger partial charge in [0.2, 0.25) is 0 Å². The topological polar surface area (TPSA) is 42.8 Å². The van der Waals surface area contributed by atoms with Crippen LogP contribution in [0, 0.1) is 5.92 Å². The fraction of sp³-hybridized carbons (Fsp3) is 0.316. The van der Waals surface area contributed by atoms with E-state index in [0.717, 1.165) is 11.3 Å². The number of hydrogen-bond donors (Lipinski definition) is 1. The van der Waals surface area contributed by atoms with Crippen LogP contribution in [0.4, 0.5) is 5.69 Å². The van der Waals surface area contributed by atoms with Crippen LogP contribution >= 0.6 is 34.8 Å². The summed E-state index contributed by atoms with van der Waals surface area (Å²) >= 11 is 18.2. The van der Waals surface area contributed by atoms with Crippen LogP contribution in [0.25, 0.3) is 0 Å². The highest BCUT2D eigenvalue weighted by Gasteiger charge is 2.13. The fourth-order valence-electron chi connectivity index (χ4n) is 2.06. The lowest BCUT2D eigenvalue weighted by molar-refractivity contribution is 0.248. The number of anilines is 1. The van der Waals surface area contributed by atoms with E-state index in [1.54, 1.807) is 30.5 Å². The van der Waals surface area contributed by atoms with E-state index in [2.05, 4.69) is 24.4 Å². The van der Waals surface area contributed by atoms with Gasteiger partial charge in [-0.25, -0.2) is 0 Å². The molecule has 0 radical (unpaired) electrons. The summed E-state index contributed by atoms with van der Waals surface area (Å²) < 4.78 is 11.5. The predicted molar refractivity (Wildman–Crippen MR) is 111 cm³/mol. The SMILES string of the molecule is CCOc1cc(C=NNc2ccc(Cl)c(Cl)c2)cc(Cl)c1OCC(C)C. The Morgan fingerprint density at radius 2 is 1.81 bits per heavy atom. The molecule has 0 aliphatic carbocycles. The standard InChI is InChI=1S/C19H21Cl3N2O2/c1-4-25-18-8-13(7-17(22)19(18)26-11-12(2)3)10-23-24-14-5-6-15(20)16(21)9-14/h5-10,12,24H,4,11H2,1-3H3. The molecule has 0 bridgehead atoms. The van der Waals surface area contributed by atoms with E-state index >= 15 is 0 Å². The molecular formula is C19H21Cl3N2O2. The van der Waals surface area contributed by atoms with Gasteiger partial charge in [0.05, 0.1) is 40.2 Å². The Morgan fingerprint density at radius 3 is 2.46 bits per heavy atom. The van der Waals surface area contributed by atoms with Gasteiger partial charge in [0.1, 0.15) is 0 Å². The van der Waals surface area contributed by atoms with E-state index in [0.29, 0.717) is 45.7 Å². The van der Waals surface area contributed by atoms with Crippen LogP contribution in [0.5, 0.6) is 11.5 Å². The van der Waals surface area contributed by atoms with Crippen molar-refractivity contribution in [1.29, 1.82) is 0 Å². The predicted octanol–water partition coefficient (Wildman–Crippen LogP) is 6.53. The van der Waals surface area contributed by atoms with Gasteiger partial charge in [-0.05, 0) is 48.7 Å². The Kier molecular flexibility index (Phi) is 7.88. The zero-order chi connectivity index (χ0) is 19.1. The molecule has 0 heterocycles. The highest BCUT2D eigenvalue weighted by molar-refractivity contribution is 6.42. The van der Waals surface area contributed by atoms with Crippen molar-refractivity contribution in [3.05, 3.63) is 51.0 Å². The zero-order valence-electron chi connectivity index (χ0n) is 14.9. The highest BCUT2D eigenvalue weighted by Crippen LogP contribution is 2.36. The molecule has 0 aliphatic heterocycles. The van der Waals surface area contributed by atoms with Crippen LogP contribution in [0.1, 0.15) is 26.3 Å². The summed E-state index contributed by atoms with van der Waals surface area (Å²) in [7, 11) is 0. The fourth-order valence-corrected chi connectivity index (χ4v) is 2.63. The van der Waals surface area contributed by atoms with Crippen molar-refractivity contribution in [3.8, 4) is 11.5 Å². The van der Waals surface area contributed by atoms with Crippen LogP contribution in [0.2, 0.25) is 15.1 Å². The molecule has 2 rings (SSSR count). The number of benzene rings is 2. The molecule has 0 unspecified atom stereocenters. The third-order valence-corrected chi connectivity index (χ3v) is 4.24. The molecule has 0 aliphatic rings. The number of hydrazone groups is 1. The summed E-state index contributed by atoms with van der Waals surface area (Å²) in [4.78, 5) is 0. The molecule has 0 saturated carbocycles. The van der Waals surface area contributed by atoms with E-state index in [1.807, 2.05) is 13.0 Å². The number of halogens is 3. The summed E-state index contributed by atoms with van der Waals surface area (Å²) in [5, 5.41) is 5.63. The molecule has 0 spiro atoms. The van der Waals surface area contributed by atoms with Gasteiger partial charge in [-0.2, -0.15) is 5.10 Å². The second kappa shape index (κ2) is 9.91. The maximum atomic E-state index is 6.37. The molecule has 0 amide bonds. The third kappa shape index (κ3) is 5.97. The van der Waals surface area contributed by atoms with Crippen molar-refractivity contribution < 1.29 is 9.47 Å². The van der Waals surface area contributed by atoms with Crippen LogP contribution in [0.15, 0.2) is 35.4 Å². The molecule has 1 N–H and O–H groups in total. The number of ether oxygens (including phenoxy) is 2.